The highest BCUT2D eigenvalue weighted by molar-refractivity contribution is 7.79. The molecule has 0 aliphatic heterocycles. The Morgan fingerprint density at radius 2 is 1.20 bits per heavy atom. The van der Waals surface area contributed by atoms with E-state index in [1.165, 1.54) is 10.6 Å². The summed E-state index contributed by atoms with van der Waals surface area (Å²) in [6.45, 7) is 1.96. The van der Waals surface area contributed by atoms with Crippen LogP contribution >= 0.6 is 7.92 Å². The van der Waals surface area contributed by atoms with Crippen LogP contribution in [0.3, 0.4) is 0 Å². The van der Waals surface area contributed by atoms with Crippen molar-refractivity contribution < 1.29 is 0 Å². The molecule has 1 aromatic heterocycles. The topological polar surface area (TPSA) is 25.8 Å². The molecule has 1 heterocycles. The summed E-state index contributed by atoms with van der Waals surface area (Å²) in [4.78, 5) is 0. The Balaban J connectivity index is 2.11. The maximum absolute atomic E-state index is 4.41. The van der Waals surface area contributed by atoms with Gasteiger partial charge in [-0.05, 0) is 29.7 Å². The van der Waals surface area contributed by atoms with E-state index in [1.807, 2.05) is 25.1 Å². The van der Waals surface area contributed by atoms with Crippen molar-refractivity contribution in [3.63, 3.8) is 0 Å². The van der Waals surface area contributed by atoms with Crippen LogP contribution in [0.15, 0.2) is 72.8 Å². The van der Waals surface area contributed by atoms with Gasteiger partial charge in [-0.25, -0.2) is 0 Å². The quantitative estimate of drug-likeness (QED) is 0.688. The van der Waals surface area contributed by atoms with Crippen LogP contribution in [0.5, 0.6) is 0 Å². The summed E-state index contributed by atoms with van der Waals surface area (Å²) < 4.78 is 0. The lowest BCUT2D eigenvalue weighted by molar-refractivity contribution is 1.01. The molecular formula is C17H15N2P. The first kappa shape index (κ1) is 13.0. The van der Waals surface area contributed by atoms with Gasteiger partial charge in [-0.1, -0.05) is 60.7 Å². The third-order valence-electron chi connectivity index (χ3n) is 3.04. The van der Waals surface area contributed by atoms with Gasteiger partial charge >= 0.3 is 0 Å². The van der Waals surface area contributed by atoms with Gasteiger partial charge in [-0.15, -0.1) is 5.10 Å². The fourth-order valence-electron chi connectivity index (χ4n) is 2.08. The van der Waals surface area contributed by atoms with Crippen LogP contribution in [-0.2, 0) is 0 Å². The second kappa shape index (κ2) is 5.94. The van der Waals surface area contributed by atoms with Crippen LogP contribution in [0.1, 0.15) is 5.69 Å². The molecule has 3 heteroatoms. The van der Waals surface area contributed by atoms with Gasteiger partial charge in [0.1, 0.15) is 0 Å². The Kier molecular flexibility index (Phi) is 3.85. The average Bonchev–Trinajstić information content (AvgIpc) is 2.52. The molecule has 0 fully saturated rings. The summed E-state index contributed by atoms with van der Waals surface area (Å²) in [5.41, 5.74) is 1.99. The van der Waals surface area contributed by atoms with E-state index >= 15 is 0 Å². The van der Waals surface area contributed by atoms with E-state index in [1.54, 1.807) is 0 Å². The number of rotatable bonds is 3. The first-order chi connectivity index (χ1) is 9.84. The van der Waals surface area contributed by atoms with Crippen molar-refractivity contribution in [1.82, 2.24) is 10.2 Å². The molecule has 2 nitrogen and oxygen atoms in total. The molecule has 0 unspecified atom stereocenters. The second-order valence-corrected chi connectivity index (χ2v) is 6.70. The van der Waals surface area contributed by atoms with E-state index < -0.39 is 7.92 Å². The summed E-state index contributed by atoms with van der Waals surface area (Å²) >= 11 is 0. The molecule has 3 aromatic rings. The van der Waals surface area contributed by atoms with Crippen molar-refractivity contribution in [2.24, 2.45) is 0 Å². The Morgan fingerprint density at radius 3 is 1.65 bits per heavy atom. The number of nitrogens with zero attached hydrogens (tertiary/aromatic N) is 2. The Labute approximate surface area is 120 Å². The smallest absolute Gasteiger partial charge is 0.0947 e. The van der Waals surface area contributed by atoms with Gasteiger partial charge in [-0.2, -0.15) is 5.10 Å². The zero-order valence-electron chi connectivity index (χ0n) is 11.3. The van der Waals surface area contributed by atoms with Crippen LogP contribution in [0.4, 0.5) is 0 Å². The first-order valence-electron chi connectivity index (χ1n) is 6.55. The van der Waals surface area contributed by atoms with Gasteiger partial charge < -0.3 is 0 Å². The largest absolute Gasteiger partial charge is 0.155 e. The highest BCUT2D eigenvalue weighted by atomic mass is 31.1. The van der Waals surface area contributed by atoms with Crippen molar-refractivity contribution in [2.75, 3.05) is 0 Å². The molecule has 0 saturated carbocycles. The van der Waals surface area contributed by atoms with E-state index in [0.717, 1.165) is 11.1 Å². The van der Waals surface area contributed by atoms with Crippen LogP contribution in [-0.4, -0.2) is 10.2 Å². The Bertz CT molecular complexity index is 627. The summed E-state index contributed by atoms with van der Waals surface area (Å²) in [5.74, 6) is 0. The number of aromatic nitrogens is 2. The van der Waals surface area contributed by atoms with Crippen LogP contribution < -0.4 is 16.0 Å². The lowest BCUT2D eigenvalue weighted by Crippen LogP contribution is -2.23. The molecule has 0 saturated heterocycles. The normalized spacial score (nSPS) is 10.7. The molecule has 0 radical (unpaired) electrons. The van der Waals surface area contributed by atoms with E-state index in [4.69, 9.17) is 0 Å². The Morgan fingerprint density at radius 1 is 0.650 bits per heavy atom. The predicted molar refractivity (Wildman–Crippen MR) is 85.5 cm³/mol. The van der Waals surface area contributed by atoms with Crippen molar-refractivity contribution in [3.05, 3.63) is 78.5 Å². The van der Waals surface area contributed by atoms with Crippen LogP contribution in [0.25, 0.3) is 0 Å². The van der Waals surface area contributed by atoms with E-state index in [9.17, 15) is 0 Å². The van der Waals surface area contributed by atoms with Gasteiger partial charge in [0.15, 0.2) is 0 Å². The molecule has 0 atom stereocenters. The molecule has 98 valence electrons. The highest BCUT2D eigenvalue weighted by Gasteiger charge is 2.17. The molecule has 2 aromatic carbocycles. The minimum atomic E-state index is -0.632. The van der Waals surface area contributed by atoms with Crippen molar-refractivity contribution in [3.8, 4) is 0 Å². The standard InChI is InChI=1S/C17H15N2P/c1-14-12-13-17(19-18-14)20(15-8-4-2-5-9-15)16-10-6-3-7-11-16/h2-13H,1H3. The van der Waals surface area contributed by atoms with E-state index in [2.05, 4.69) is 64.8 Å². The predicted octanol–water partition coefficient (Wildman–Crippen LogP) is 2.54. The number of aryl methyl sites for hydroxylation is 1. The molecule has 0 aliphatic rings. The van der Waals surface area contributed by atoms with Crippen molar-refractivity contribution >= 4 is 24.0 Å². The first-order valence-corrected chi connectivity index (χ1v) is 7.89. The number of benzene rings is 2. The number of hydrogen-bond acceptors (Lipinski definition) is 2. The average molecular weight is 278 g/mol. The molecular weight excluding hydrogens is 263 g/mol. The van der Waals surface area contributed by atoms with Crippen molar-refractivity contribution in [2.45, 2.75) is 6.92 Å². The lowest BCUT2D eigenvalue weighted by atomic mass is 10.4. The van der Waals surface area contributed by atoms with Crippen LogP contribution in [0, 0.1) is 6.92 Å². The monoisotopic (exact) mass is 278 g/mol. The van der Waals surface area contributed by atoms with Gasteiger partial charge in [0, 0.05) is 7.92 Å². The third-order valence-corrected chi connectivity index (χ3v) is 5.37. The molecule has 0 N–H and O–H groups in total. The maximum Gasteiger partial charge on any atom is 0.0947 e. The zero-order valence-corrected chi connectivity index (χ0v) is 12.2. The molecule has 20 heavy (non-hydrogen) atoms. The third kappa shape index (κ3) is 2.76. The van der Waals surface area contributed by atoms with Crippen molar-refractivity contribution in [1.29, 1.82) is 0 Å². The molecule has 0 spiro atoms. The molecule has 0 bridgehead atoms. The minimum Gasteiger partial charge on any atom is -0.155 e. The molecule has 0 aliphatic carbocycles. The van der Waals surface area contributed by atoms with Gasteiger partial charge in [-0.3, -0.25) is 0 Å². The van der Waals surface area contributed by atoms with E-state index in [0.29, 0.717) is 0 Å². The highest BCUT2D eigenvalue weighted by Crippen LogP contribution is 2.31. The van der Waals surface area contributed by atoms with E-state index in [-0.39, 0.29) is 0 Å². The lowest BCUT2D eigenvalue weighted by Gasteiger charge is -2.17. The maximum atomic E-state index is 4.41. The van der Waals surface area contributed by atoms with Crippen LogP contribution in [0.2, 0.25) is 0 Å². The minimum absolute atomic E-state index is 0.632. The molecule has 0 amide bonds. The Hall–Kier alpha value is -2.05. The summed E-state index contributed by atoms with van der Waals surface area (Å²) in [5, 5.41) is 11.2. The van der Waals surface area contributed by atoms with Gasteiger partial charge in [0.05, 0.1) is 11.1 Å². The second-order valence-electron chi connectivity index (χ2n) is 4.54. The summed E-state index contributed by atoms with van der Waals surface area (Å²) in [6.07, 6.45) is 0. The molecule has 3 rings (SSSR count). The van der Waals surface area contributed by atoms with Gasteiger partial charge in [0.25, 0.3) is 0 Å². The fourth-order valence-corrected chi connectivity index (χ4v) is 4.20. The zero-order chi connectivity index (χ0) is 13.8. The SMILES string of the molecule is Cc1ccc(P(c2ccccc2)c2ccccc2)nn1. The summed E-state index contributed by atoms with van der Waals surface area (Å²) in [7, 11) is -0.632. The fraction of sp³-hybridized carbons (Fsp3) is 0.0588. The number of hydrogen-bond donors (Lipinski definition) is 0. The van der Waals surface area contributed by atoms with Gasteiger partial charge in [0.2, 0.25) is 0 Å². The summed E-state index contributed by atoms with van der Waals surface area (Å²) in [6, 6.07) is 25.2.